The van der Waals surface area contributed by atoms with E-state index >= 15 is 0 Å². The van der Waals surface area contributed by atoms with E-state index in [2.05, 4.69) is 0 Å². The molecule has 7 heteroatoms. The second-order valence-corrected chi connectivity index (χ2v) is 3.06. The van der Waals surface area contributed by atoms with Gasteiger partial charge in [-0.05, 0) is 18.2 Å². The standard InChI is InChI=1S/C9H10F3NO2.ClH/c10-9(11,12)5-1-2-8(15)6(3-5)7(13)4-14;/h1-3,7,14-15H,4,13H2;1H/t7-;/m1./s1. The number of nitrogens with two attached hydrogens (primary N) is 1. The Balaban J connectivity index is 0.00000225. The highest BCUT2D eigenvalue weighted by molar-refractivity contribution is 5.85. The van der Waals surface area contributed by atoms with Crippen molar-refractivity contribution < 1.29 is 23.4 Å². The highest BCUT2D eigenvalue weighted by atomic mass is 35.5. The van der Waals surface area contributed by atoms with E-state index in [0.717, 1.165) is 18.2 Å². The Kier molecular flexibility index (Phi) is 5.05. The van der Waals surface area contributed by atoms with Gasteiger partial charge in [0.1, 0.15) is 5.75 Å². The van der Waals surface area contributed by atoms with E-state index in [1.807, 2.05) is 0 Å². The number of hydrogen-bond donors (Lipinski definition) is 3. The first-order valence-corrected chi connectivity index (χ1v) is 4.13. The number of hydrogen-bond acceptors (Lipinski definition) is 3. The number of phenolic OH excluding ortho intramolecular Hbond substituents is 1. The maximum absolute atomic E-state index is 12.3. The van der Waals surface area contributed by atoms with Gasteiger partial charge < -0.3 is 15.9 Å². The molecule has 0 fully saturated rings. The molecule has 0 aliphatic heterocycles. The molecule has 1 aromatic carbocycles. The molecule has 0 heterocycles. The van der Waals surface area contributed by atoms with E-state index < -0.39 is 24.4 Å². The average molecular weight is 258 g/mol. The second kappa shape index (κ2) is 5.38. The van der Waals surface area contributed by atoms with Crippen molar-refractivity contribution in [2.24, 2.45) is 5.73 Å². The molecule has 4 N–H and O–H groups in total. The van der Waals surface area contributed by atoms with Crippen LogP contribution in [0.25, 0.3) is 0 Å². The summed E-state index contributed by atoms with van der Waals surface area (Å²) in [5.41, 5.74) is 4.31. The summed E-state index contributed by atoms with van der Waals surface area (Å²) in [7, 11) is 0. The zero-order valence-corrected chi connectivity index (χ0v) is 8.85. The van der Waals surface area contributed by atoms with Crippen LogP contribution in [0.1, 0.15) is 17.2 Å². The van der Waals surface area contributed by atoms with Crippen molar-refractivity contribution in [2.45, 2.75) is 12.2 Å². The SMILES string of the molecule is Cl.N[C@H](CO)c1cc(C(F)(F)F)ccc1O. The fourth-order valence-corrected chi connectivity index (χ4v) is 1.13. The van der Waals surface area contributed by atoms with Crippen LogP contribution in [0.15, 0.2) is 18.2 Å². The molecule has 0 bridgehead atoms. The van der Waals surface area contributed by atoms with Gasteiger partial charge >= 0.3 is 6.18 Å². The van der Waals surface area contributed by atoms with Crippen molar-refractivity contribution in [3.8, 4) is 5.75 Å². The van der Waals surface area contributed by atoms with Crippen molar-refractivity contribution in [3.05, 3.63) is 29.3 Å². The molecule has 0 unspecified atom stereocenters. The van der Waals surface area contributed by atoms with Crippen molar-refractivity contribution >= 4 is 12.4 Å². The topological polar surface area (TPSA) is 66.5 Å². The Labute approximate surface area is 96.1 Å². The highest BCUT2D eigenvalue weighted by Gasteiger charge is 2.31. The molecular weight excluding hydrogens is 247 g/mol. The Morgan fingerprint density at radius 1 is 1.31 bits per heavy atom. The molecule has 1 rings (SSSR count). The van der Waals surface area contributed by atoms with Gasteiger partial charge in [0, 0.05) is 5.56 Å². The van der Waals surface area contributed by atoms with Crippen LogP contribution in [0.4, 0.5) is 13.2 Å². The number of aliphatic hydroxyl groups excluding tert-OH is 1. The number of halogens is 4. The number of benzene rings is 1. The third-order valence-corrected chi connectivity index (χ3v) is 1.95. The molecule has 3 nitrogen and oxygen atoms in total. The number of alkyl halides is 3. The van der Waals surface area contributed by atoms with Crippen LogP contribution in [0.5, 0.6) is 5.75 Å². The Hall–Kier alpha value is -0.980. The van der Waals surface area contributed by atoms with E-state index in [9.17, 15) is 18.3 Å². The first kappa shape index (κ1) is 15.0. The smallest absolute Gasteiger partial charge is 0.416 e. The number of phenols is 1. The van der Waals surface area contributed by atoms with Crippen molar-refractivity contribution in [1.29, 1.82) is 0 Å². The second-order valence-electron chi connectivity index (χ2n) is 3.06. The van der Waals surface area contributed by atoms with Gasteiger partial charge in [-0.1, -0.05) is 0 Å². The van der Waals surface area contributed by atoms with Crippen LogP contribution >= 0.6 is 12.4 Å². The van der Waals surface area contributed by atoms with Gasteiger partial charge in [0.15, 0.2) is 0 Å². The molecule has 0 spiro atoms. The molecule has 0 aromatic heterocycles. The lowest BCUT2D eigenvalue weighted by molar-refractivity contribution is -0.137. The van der Waals surface area contributed by atoms with E-state index in [1.54, 1.807) is 0 Å². The van der Waals surface area contributed by atoms with Gasteiger partial charge in [-0.3, -0.25) is 0 Å². The molecule has 1 aromatic rings. The minimum Gasteiger partial charge on any atom is -0.508 e. The number of aromatic hydroxyl groups is 1. The fourth-order valence-electron chi connectivity index (χ4n) is 1.13. The maximum Gasteiger partial charge on any atom is 0.416 e. The normalized spacial score (nSPS) is 13.1. The molecular formula is C9H11ClF3NO2. The summed E-state index contributed by atoms with van der Waals surface area (Å²) in [5.74, 6) is -0.357. The minimum atomic E-state index is -4.49. The third-order valence-electron chi connectivity index (χ3n) is 1.95. The first-order valence-electron chi connectivity index (χ1n) is 4.13. The summed E-state index contributed by atoms with van der Waals surface area (Å²) >= 11 is 0. The fraction of sp³-hybridized carbons (Fsp3) is 0.333. The predicted octanol–water partition coefficient (Wildman–Crippen LogP) is 1.82. The van der Waals surface area contributed by atoms with Crippen molar-refractivity contribution in [3.63, 3.8) is 0 Å². The largest absolute Gasteiger partial charge is 0.508 e. The van der Waals surface area contributed by atoms with Crippen LogP contribution in [0.3, 0.4) is 0 Å². The molecule has 0 amide bonds. The Morgan fingerprint density at radius 2 is 1.88 bits per heavy atom. The first-order chi connectivity index (χ1) is 6.86. The molecule has 0 aliphatic carbocycles. The number of aliphatic hydroxyl groups is 1. The summed E-state index contributed by atoms with van der Waals surface area (Å²) in [6, 6.07) is 1.37. The Morgan fingerprint density at radius 3 is 2.31 bits per heavy atom. The van der Waals surface area contributed by atoms with Crippen LogP contribution in [-0.2, 0) is 6.18 Å². The summed E-state index contributed by atoms with van der Waals surface area (Å²) < 4.78 is 36.8. The molecule has 0 radical (unpaired) electrons. The molecule has 1 atom stereocenters. The van der Waals surface area contributed by atoms with Gasteiger partial charge in [0.25, 0.3) is 0 Å². The molecule has 16 heavy (non-hydrogen) atoms. The monoisotopic (exact) mass is 257 g/mol. The average Bonchev–Trinajstić information content (AvgIpc) is 2.15. The third kappa shape index (κ3) is 3.26. The van der Waals surface area contributed by atoms with Crippen molar-refractivity contribution in [2.75, 3.05) is 6.61 Å². The van der Waals surface area contributed by atoms with E-state index in [1.165, 1.54) is 0 Å². The quantitative estimate of drug-likeness (QED) is 0.757. The molecule has 0 saturated heterocycles. The lowest BCUT2D eigenvalue weighted by atomic mass is 10.0. The zero-order valence-electron chi connectivity index (χ0n) is 8.03. The zero-order chi connectivity index (χ0) is 11.6. The summed E-state index contributed by atoms with van der Waals surface area (Å²) in [5, 5.41) is 17.9. The molecule has 0 aliphatic rings. The van der Waals surface area contributed by atoms with Gasteiger partial charge in [-0.2, -0.15) is 13.2 Å². The summed E-state index contributed by atoms with van der Waals surface area (Å²) in [6.07, 6.45) is -4.49. The van der Waals surface area contributed by atoms with E-state index in [-0.39, 0.29) is 23.7 Å². The van der Waals surface area contributed by atoms with Gasteiger partial charge in [-0.25, -0.2) is 0 Å². The maximum atomic E-state index is 12.3. The molecule has 0 saturated carbocycles. The number of rotatable bonds is 2. The summed E-state index contributed by atoms with van der Waals surface area (Å²) in [6.45, 7) is -0.533. The lowest BCUT2D eigenvalue weighted by Crippen LogP contribution is -2.16. The lowest BCUT2D eigenvalue weighted by Gasteiger charge is -2.13. The van der Waals surface area contributed by atoms with Crippen molar-refractivity contribution in [1.82, 2.24) is 0 Å². The van der Waals surface area contributed by atoms with Gasteiger partial charge in [-0.15, -0.1) is 12.4 Å². The van der Waals surface area contributed by atoms with E-state index in [4.69, 9.17) is 10.8 Å². The van der Waals surface area contributed by atoms with Crippen LogP contribution < -0.4 is 5.73 Å². The minimum absolute atomic E-state index is 0. The van der Waals surface area contributed by atoms with Gasteiger partial charge in [0.2, 0.25) is 0 Å². The molecule has 92 valence electrons. The van der Waals surface area contributed by atoms with Gasteiger partial charge in [0.05, 0.1) is 18.2 Å². The van der Waals surface area contributed by atoms with Crippen LogP contribution in [0.2, 0.25) is 0 Å². The van der Waals surface area contributed by atoms with Crippen LogP contribution in [-0.4, -0.2) is 16.8 Å². The van der Waals surface area contributed by atoms with E-state index in [0.29, 0.717) is 0 Å². The van der Waals surface area contributed by atoms with Crippen LogP contribution in [0, 0.1) is 0 Å². The summed E-state index contributed by atoms with van der Waals surface area (Å²) in [4.78, 5) is 0. The Bertz CT molecular complexity index is 357. The predicted molar refractivity (Wildman–Crippen MR) is 54.4 cm³/mol. The highest BCUT2D eigenvalue weighted by Crippen LogP contribution is 2.33.